The van der Waals surface area contributed by atoms with Crippen molar-refractivity contribution < 1.29 is 4.48 Å². The Balaban J connectivity index is 1.88. The van der Waals surface area contributed by atoms with E-state index < -0.39 is 0 Å². The standard InChI is InChI=1S/C22H43N2/c1-8-16-17-11-12-18(19(16)13-23(7)9-2)21-15-24(10-3,14-20(17)21)22(4,5)6/h16-21H,8-15H2,1-7H3/q+1. The maximum Gasteiger partial charge on any atom is 0.0907 e. The molecule has 7 unspecified atom stereocenters. The van der Waals surface area contributed by atoms with E-state index in [4.69, 9.17) is 0 Å². The summed E-state index contributed by atoms with van der Waals surface area (Å²) in [5.41, 5.74) is 0.406. The zero-order chi connectivity index (χ0) is 17.7. The van der Waals surface area contributed by atoms with Crippen molar-refractivity contribution in [2.75, 3.05) is 39.8 Å². The molecule has 140 valence electrons. The summed E-state index contributed by atoms with van der Waals surface area (Å²) in [5.74, 6) is 6.03. The Hall–Kier alpha value is -0.0800. The van der Waals surface area contributed by atoms with Crippen molar-refractivity contribution in [3.63, 3.8) is 0 Å². The van der Waals surface area contributed by atoms with Gasteiger partial charge in [0.1, 0.15) is 0 Å². The number of hydrogen-bond acceptors (Lipinski definition) is 1. The van der Waals surface area contributed by atoms with Gasteiger partial charge in [-0.05, 0) is 77.8 Å². The van der Waals surface area contributed by atoms with Crippen LogP contribution in [-0.2, 0) is 0 Å². The van der Waals surface area contributed by atoms with Gasteiger partial charge in [-0.3, -0.25) is 0 Å². The third-order valence-corrected chi connectivity index (χ3v) is 8.82. The second-order valence-corrected chi connectivity index (χ2v) is 10.3. The fourth-order valence-corrected chi connectivity index (χ4v) is 7.22. The number of quaternary nitrogens is 1. The summed E-state index contributed by atoms with van der Waals surface area (Å²) in [6.45, 7) is 21.5. The highest BCUT2D eigenvalue weighted by Gasteiger charge is 2.62. The molecule has 1 saturated heterocycles. The van der Waals surface area contributed by atoms with E-state index in [-0.39, 0.29) is 0 Å². The van der Waals surface area contributed by atoms with Crippen LogP contribution in [0.25, 0.3) is 0 Å². The quantitative estimate of drug-likeness (QED) is 0.669. The molecule has 1 heterocycles. The summed E-state index contributed by atoms with van der Waals surface area (Å²) >= 11 is 0. The summed E-state index contributed by atoms with van der Waals surface area (Å²) in [4.78, 5) is 2.59. The number of hydrogen-bond donors (Lipinski definition) is 0. The van der Waals surface area contributed by atoms with Gasteiger partial charge < -0.3 is 9.38 Å². The first-order chi connectivity index (χ1) is 11.3. The van der Waals surface area contributed by atoms with Crippen LogP contribution in [0.15, 0.2) is 0 Å². The number of likely N-dealkylation sites (tertiary alicyclic amines) is 1. The molecule has 0 aromatic rings. The fraction of sp³-hybridized carbons (Fsp3) is 1.00. The molecular formula is C22H43N2+. The Bertz CT molecular complexity index is 440. The Morgan fingerprint density at radius 3 is 1.83 bits per heavy atom. The minimum absolute atomic E-state index is 0.406. The average Bonchev–Trinajstić information content (AvgIpc) is 2.97. The van der Waals surface area contributed by atoms with Crippen LogP contribution in [-0.4, -0.2) is 54.7 Å². The second kappa shape index (κ2) is 6.58. The van der Waals surface area contributed by atoms with E-state index in [1.54, 1.807) is 0 Å². The predicted molar refractivity (Wildman–Crippen MR) is 104 cm³/mol. The first kappa shape index (κ1) is 18.7. The molecule has 7 atom stereocenters. The molecule has 0 radical (unpaired) electrons. The lowest BCUT2D eigenvalue weighted by Gasteiger charge is -2.54. The van der Waals surface area contributed by atoms with E-state index in [1.807, 2.05) is 0 Å². The van der Waals surface area contributed by atoms with Gasteiger partial charge in [0.25, 0.3) is 0 Å². The van der Waals surface area contributed by atoms with Crippen LogP contribution in [0.2, 0.25) is 0 Å². The summed E-state index contributed by atoms with van der Waals surface area (Å²) < 4.78 is 1.38. The third-order valence-electron chi connectivity index (χ3n) is 8.82. The van der Waals surface area contributed by atoms with Crippen LogP contribution >= 0.6 is 0 Å². The molecule has 3 saturated carbocycles. The van der Waals surface area contributed by atoms with Gasteiger partial charge in [0.05, 0.1) is 25.2 Å². The van der Waals surface area contributed by atoms with Gasteiger partial charge >= 0.3 is 0 Å². The molecule has 0 aromatic carbocycles. The van der Waals surface area contributed by atoms with Crippen molar-refractivity contribution in [1.82, 2.24) is 4.90 Å². The van der Waals surface area contributed by atoms with Crippen molar-refractivity contribution in [2.24, 2.45) is 35.5 Å². The van der Waals surface area contributed by atoms with Crippen molar-refractivity contribution in [1.29, 1.82) is 0 Å². The molecular weight excluding hydrogens is 292 g/mol. The van der Waals surface area contributed by atoms with Crippen molar-refractivity contribution in [3.8, 4) is 0 Å². The molecule has 4 fully saturated rings. The molecule has 4 rings (SSSR count). The van der Waals surface area contributed by atoms with Crippen molar-refractivity contribution >= 4 is 0 Å². The third kappa shape index (κ3) is 2.76. The Morgan fingerprint density at radius 2 is 1.42 bits per heavy atom. The zero-order valence-electron chi connectivity index (χ0n) is 17.5. The predicted octanol–water partition coefficient (Wildman–Crippen LogP) is 4.50. The van der Waals surface area contributed by atoms with Gasteiger partial charge in [0, 0.05) is 18.4 Å². The summed E-state index contributed by atoms with van der Waals surface area (Å²) in [7, 11) is 2.34. The first-order valence-corrected chi connectivity index (χ1v) is 10.8. The highest BCUT2D eigenvalue weighted by Crippen LogP contribution is 2.60. The van der Waals surface area contributed by atoms with Gasteiger partial charge in [-0.2, -0.15) is 0 Å². The summed E-state index contributed by atoms with van der Waals surface area (Å²) in [5, 5.41) is 0. The van der Waals surface area contributed by atoms with Gasteiger partial charge in [0.2, 0.25) is 0 Å². The van der Waals surface area contributed by atoms with Crippen LogP contribution in [0.5, 0.6) is 0 Å². The van der Waals surface area contributed by atoms with Gasteiger partial charge in [0.15, 0.2) is 0 Å². The van der Waals surface area contributed by atoms with Gasteiger partial charge in [-0.25, -0.2) is 0 Å². The van der Waals surface area contributed by atoms with Crippen LogP contribution < -0.4 is 0 Å². The molecule has 0 aromatic heterocycles. The topological polar surface area (TPSA) is 3.24 Å². The normalized spacial score (nSPS) is 45.0. The largest absolute Gasteiger partial charge is 0.319 e. The summed E-state index contributed by atoms with van der Waals surface area (Å²) in [6, 6.07) is 0. The molecule has 0 amide bonds. The second-order valence-electron chi connectivity index (χ2n) is 10.3. The molecule has 3 aliphatic carbocycles. The minimum atomic E-state index is 0.406. The average molecular weight is 336 g/mol. The molecule has 2 heteroatoms. The maximum atomic E-state index is 2.59. The maximum absolute atomic E-state index is 2.59. The summed E-state index contributed by atoms with van der Waals surface area (Å²) in [6.07, 6.45) is 4.47. The SMILES string of the molecule is CCC1C2CCC(C1CN(C)CC)C1C[N+](CC)(C(C)(C)C)CC21. The van der Waals surface area contributed by atoms with Crippen LogP contribution in [0.1, 0.15) is 60.8 Å². The molecule has 1 aliphatic heterocycles. The first-order valence-electron chi connectivity index (χ1n) is 10.8. The monoisotopic (exact) mass is 335 g/mol. The fourth-order valence-electron chi connectivity index (χ4n) is 7.22. The smallest absolute Gasteiger partial charge is 0.0907 e. The highest BCUT2D eigenvalue weighted by molar-refractivity contribution is 5.04. The number of rotatable bonds is 5. The van der Waals surface area contributed by atoms with E-state index in [0.717, 1.165) is 35.5 Å². The van der Waals surface area contributed by atoms with Crippen molar-refractivity contribution in [3.05, 3.63) is 0 Å². The Labute approximate surface area is 151 Å². The number of fused-ring (bicyclic) bond motifs is 2. The van der Waals surface area contributed by atoms with Crippen LogP contribution in [0, 0.1) is 35.5 Å². The van der Waals surface area contributed by atoms with Crippen molar-refractivity contribution in [2.45, 2.75) is 66.3 Å². The molecule has 2 bridgehead atoms. The number of nitrogens with zero attached hydrogens (tertiary/aromatic N) is 2. The zero-order valence-corrected chi connectivity index (χ0v) is 17.5. The van der Waals surface area contributed by atoms with E-state index in [0.29, 0.717) is 5.54 Å². The highest BCUT2D eigenvalue weighted by atomic mass is 15.4. The van der Waals surface area contributed by atoms with E-state index in [2.05, 4.69) is 53.5 Å². The lowest BCUT2D eigenvalue weighted by molar-refractivity contribution is -0.961. The Morgan fingerprint density at radius 1 is 0.875 bits per heavy atom. The molecule has 2 nitrogen and oxygen atoms in total. The Kier molecular flexibility index (Phi) is 5.13. The molecule has 0 N–H and O–H groups in total. The van der Waals surface area contributed by atoms with Crippen LogP contribution in [0.3, 0.4) is 0 Å². The van der Waals surface area contributed by atoms with Gasteiger partial charge in [-0.15, -0.1) is 0 Å². The molecule has 0 spiro atoms. The van der Waals surface area contributed by atoms with Crippen LogP contribution in [0.4, 0.5) is 0 Å². The van der Waals surface area contributed by atoms with Gasteiger partial charge in [-0.1, -0.05) is 20.3 Å². The lowest BCUT2D eigenvalue weighted by atomic mass is 9.50. The van der Waals surface area contributed by atoms with E-state index >= 15 is 0 Å². The van der Waals surface area contributed by atoms with E-state index in [1.165, 1.54) is 56.5 Å². The molecule has 24 heavy (non-hydrogen) atoms. The molecule has 4 aliphatic rings. The van der Waals surface area contributed by atoms with E-state index in [9.17, 15) is 0 Å². The minimum Gasteiger partial charge on any atom is -0.319 e. The lowest BCUT2D eigenvalue weighted by Crippen LogP contribution is -2.59.